The molecular formula is C41H42F3N3O7. The second-order valence-electron chi connectivity index (χ2n) is 13.4. The van der Waals surface area contributed by atoms with E-state index in [0.717, 1.165) is 5.56 Å². The standard InChI is InChI=1S/C41H42F3N3O7/c1-52-35-21-28(13-16-37(48)49)22-36(53-2)38(35)54-31-17-19-46(20-18-31)26-40(51,41(42,43)44)33-25-47(24-27-9-5-3-6-10-27)34-23-29(14-15-32(33)34)39(50)45-30-11-7-4-8-12-30/h3-12,14-15,21-23,25,31,51H,13,16-20,24,26H2,1-2H3,(H,45,50)(H,48,49). The lowest BCUT2D eigenvalue weighted by Crippen LogP contribution is -2.53. The summed E-state index contributed by atoms with van der Waals surface area (Å²) in [6, 6.07) is 26.0. The van der Waals surface area contributed by atoms with Crippen LogP contribution in [-0.4, -0.2) is 77.7 Å². The van der Waals surface area contributed by atoms with Crippen LogP contribution in [0, 0.1) is 0 Å². The topological polar surface area (TPSA) is 122 Å². The van der Waals surface area contributed by atoms with Gasteiger partial charge in [-0.15, -0.1) is 0 Å². The van der Waals surface area contributed by atoms with Crippen LogP contribution in [0.15, 0.2) is 97.2 Å². The van der Waals surface area contributed by atoms with Gasteiger partial charge in [0.15, 0.2) is 11.5 Å². The van der Waals surface area contributed by atoms with E-state index in [2.05, 4.69) is 5.32 Å². The predicted molar refractivity (Wildman–Crippen MR) is 197 cm³/mol. The van der Waals surface area contributed by atoms with Crippen LogP contribution >= 0.6 is 0 Å². The average molecular weight is 746 g/mol. The number of nitrogens with zero attached hydrogens (tertiary/aromatic N) is 2. The number of nitrogens with one attached hydrogen (secondary N) is 1. The summed E-state index contributed by atoms with van der Waals surface area (Å²) in [4.78, 5) is 25.9. The highest BCUT2D eigenvalue weighted by Gasteiger charge is 2.57. The number of amides is 1. The molecule has 1 aliphatic rings. The maximum Gasteiger partial charge on any atom is 0.422 e. The van der Waals surface area contributed by atoms with Crippen molar-refractivity contribution in [2.24, 2.45) is 0 Å². The number of likely N-dealkylation sites (tertiary alicyclic amines) is 1. The second kappa shape index (κ2) is 16.2. The summed E-state index contributed by atoms with van der Waals surface area (Å²) in [6.07, 6.45) is -3.18. The molecule has 1 fully saturated rings. The van der Waals surface area contributed by atoms with Gasteiger partial charge in [-0.05, 0) is 66.8 Å². The minimum atomic E-state index is -5.04. The molecule has 6 rings (SSSR count). The fourth-order valence-corrected chi connectivity index (χ4v) is 6.85. The molecule has 1 unspecified atom stereocenters. The highest BCUT2D eigenvalue weighted by atomic mass is 19.4. The van der Waals surface area contributed by atoms with Gasteiger partial charge in [-0.2, -0.15) is 13.2 Å². The van der Waals surface area contributed by atoms with Gasteiger partial charge in [0.25, 0.3) is 5.91 Å². The highest BCUT2D eigenvalue weighted by Crippen LogP contribution is 2.45. The van der Waals surface area contributed by atoms with Crippen molar-refractivity contribution in [3.05, 3.63) is 119 Å². The van der Waals surface area contributed by atoms with Crippen LogP contribution in [0.1, 0.15) is 46.3 Å². The van der Waals surface area contributed by atoms with Crippen LogP contribution in [0.25, 0.3) is 10.9 Å². The van der Waals surface area contributed by atoms with Crippen LogP contribution in [0.2, 0.25) is 0 Å². The number of aromatic nitrogens is 1. The van der Waals surface area contributed by atoms with Gasteiger partial charge in [0.05, 0.1) is 14.2 Å². The molecule has 5 aromatic rings. The van der Waals surface area contributed by atoms with E-state index in [1.54, 1.807) is 51.9 Å². The van der Waals surface area contributed by atoms with Crippen LogP contribution < -0.4 is 19.5 Å². The van der Waals surface area contributed by atoms with Gasteiger partial charge in [-0.3, -0.25) is 14.5 Å². The molecule has 54 heavy (non-hydrogen) atoms. The fourth-order valence-electron chi connectivity index (χ4n) is 6.85. The first-order valence-electron chi connectivity index (χ1n) is 17.6. The third kappa shape index (κ3) is 8.48. The first-order valence-corrected chi connectivity index (χ1v) is 17.6. The Morgan fingerprint density at radius 1 is 0.870 bits per heavy atom. The number of carbonyl (C=O) groups is 2. The van der Waals surface area contributed by atoms with Crippen LogP contribution in [0.5, 0.6) is 17.2 Å². The van der Waals surface area contributed by atoms with Gasteiger partial charge in [0.2, 0.25) is 11.4 Å². The van der Waals surface area contributed by atoms with Crippen LogP contribution in [0.4, 0.5) is 18.9 Å². The summed E-state index contributed by atoms with van der Waals surface area (Å²) in [6.45, 7) is -0.0895. The number of carboxylic acid groups (broad SMARTS) is 1. The number of hydrogen-bond acceptors (Lipinski definition) is 7. The van der Waals surface area contributed by atoms with E-state index >= 15 is 13.2 Å². The maximum absolute atomic E-state index is 15.2. The van der Waals surface area contributed by atoms with Crippen molar-refractivity contribution >= 4 is 28.5 Å². The summed E-state index contributed by atoms with van der Waals surface area (Å²) in [5.74, 6) is -0.314. The second-order valence-corrected chi connectivity index (χ2v) is 13.4. The number of hydrogen-bond donors (Lipinski definition) is 3. The summed E-state index contributed by atoms with van der Waals surface area (Å²) >= 11 is 0. The van der Waals surface area contributed by atoms with Gasteiger partial charge in [-0.1, -0.05) is 54.6 Å². The van der Waals surface area contributed by atoms with E-state index in [9.17, 15) is 14.7 Å². The number of methoxy groups -OCH3 is 2. The van der Waals surface area contributed by atoms with Crippen molar-refractivity contribution < 1.29 is 47.2 Å². The predicted octanol–water partition coefficient (Wildman–Crippen LogP) is 7.27. The SMILES string of the molecule is COc1cc(CCC(=O)O)cc(OC)c1OC1CCN(CC(O)(c2cn(Cc3ccccc3)c3cc(C(=O)Nc4ccccc4)ccc23)C(F)(F)F)CC1. The summed E-state index contributed by atoms with van der Waals surface area (Å²) < 4.78 is 64.5. The van der Waals surface area contributed by atoms with Gasteiger partial charge in [-0.25, -0.2) is 0 Å². The molecule has 1 atom stereocenters. The van der Waals surface area contributed by atoms with E-state index < -0.39 is 30.2 Å². The van der Waals surface area contributed by atoms with Crippen molar-refractivity contribution in [2.75, 3.05) is 39.2 Å². The molecule has 0 saturated carbocycles. The average Bonchev–Trinajstić information content (AvgIpc) is 3.53. The van der Waals surface area contributed by atoms with E-state index in [1.165, 1.54) is 32.5 Å². The zero-order chi connectivity index (χ0) is 38.5. The Morgan fingerprint density at radius 2 is 1.50 bits per heavy atom. The molecule has 1 aromatic heterocycles. The molecule has 0 radical (unpaired) electrons. The third-order valence-corrected chi connectivity index (χ3v) is 9.71. The molecule has 1 aliphatic heterocycles. The lowest BCUT2D eigenvalue weighted by molar-refractivity contribution is -0.272. The van der Waals surface area contributed by atoms with E-state index in [-0.39, 0.29) is 55.1 Å². The summed E-state index contributed by atoms with van der Waals surface area (Å²) in [5.41, 5.74) is -0.809. The van der Waals surface area contributed by atoms with Crippen molar-refractivity contribution in [1.82, 2.24) is 9.47 Å². The van der Waals surface area contributed by atoms with Gasteiger partial charge >= 0.3 is 12.1 Å². The third-order valence-electron chi connectivity index (χ3n) is 9.71. The fraction of sp³-hybridized carbons (Fsp3) is 0.317. The van der Waals surface area contributed by atoms with Crippen LogP contribution in [-0.2, 0) is 23.4 Å². The largest absolute Gasteiger partial charge is 0.493 e. The molecule has 0 bridgehead atoms. The number of aliphatic hydroxyl groups is 1. The Bertz CT molecular complexity index is 2060. The number of para-hydroxylation sites is 1. The molecule has 13 heteroatoms. The maximum atomic E-state index is 15.2. The smallest absolute Gasteiger partial charge is 0.422 e. The van der Waals surface area contributed by atoms with Gasteiger partial charge in [0.1, 0.15) is 6.10 Å². The Hall–Kier alpha value is -5.53. The number of β-amino-alcohol motifs (C(OH)–C–C–N with tert-alkyl or cyclic N) is 1. The lowest BCUT2D eigenvalue weighted by Gasteiger charge is -2.39. The molecule has 4 aromatic carbocycles. The number of aryl methyl sites for hydroxylation is 1. The number of carbonyl (C=O) groups excluding carboxylic acids is 1. The molecule has 284 valence electrons. The number of ether oxygens (including phenoxy) is 3. The molecule has 3 N–H and O–H groups in total. The van der Waals surface area contributed by atoms with E-state index in [1.807, 2.05) is 36.4 Å². The normalized spacial score (nSPS) is 15.1. The quantitative estimate of drug-likeness (QED) is 0.109. The van der Waals surface area contributed by atoms with Gasteiger partial charge in [0, 0.05) is 66.5 Å². The molecular weight excluding hydrogens is 703 g/mol. The Morgan fingerprint density at radius 3 is 2.09 bits per heavy atom. The molecule has 0 aliphatic carbocycles. The highest BCUT2D eigenvalue weighted by molar-refractivity contribution is 6.06. The number of fused-ring (bicyclic) bond motifs is 1. The molecule has 0 spiro atoms. The number of carboxylic acids is 1. The lowest BCUT2D eigenvalue weighted by atomic mass is 9.90. The first-order chi connectivity index (χ1) is 25.9. The number of piperidine rings is 1. The number of alkyl halides is 3. The summed E-state index contributed by atoms with van der Waals surface area (Å²) in [7, 11) is 2.92. The Labute approximate surface area is 310 Å². The molecule has 10 nitrogen and oxygen atoms in total. The van der Waals surface area contributed by atoms with Gasteiger partial charge < -0.3 is 34.3 Å². The number of aliphatic carboxylic acids is 1. The van der Waals surface area contributed by atoms with Crippen molar-refractivity contribution in [3.8, 4) is 17.2 Å². The molecule has 1 amide bonds. The zero-order valence-electron chi connectivity index (χ0n) is 29.9. The molecule has 1 saturated heterocycles. The Kier molecular flexibility index (Phi) is 11.5. The molecule has 2 heterocycles. The van der Waals surface area contributed by atoms with E-state index in [4.69, 9.17) is 19.3 Å². The minimum Gasteiger partial charge on any atom is -0.493 e. The number of rotatable bonds is 14. The number of halogens is 3. The van der Waals surface area contributed by atoms with E-state index in [0.29, 0.717) is 46.9 Å². The number of benzene rings is 4. The Balaban J connectivity index is 1.25. The zero-order valence-corrected chi connectivity index (χ0v) is 29.9. The van der Waals surface area contributed by atoms with Crippen molar-refractivity contribution in [3.63, 3.8) is 0 Å². The monoisotopic (exact) mass is 745 g/mol. The minimum absolute atomic E-state index is 0.0737. The first kappa shape index (κ1) is 38.2. The van der Waals surface area contributed by atoms with Crippen molar-refractivity contribution in [2.45, 2.75) is 50.1 Å². The number of anilines is 1. The van der Waals surface area contributed by atoms with Crippen molar-refractivity contribution in [1.29, 1.82) is 0 Å². The summed E-state index contributed by atoms with van der Waals surface area (Å²) in [5, 5.41) is 23.9. The van der Waals surface area contributed by atoms with Crippen LogP contribution in [0.3, 0.4) is 0 Å².